The number of sulfonamides is 1. The van der Waals surface area contributed by atoms with E-state index in [1.807, 2.05) is 23.3 Å². The van der Waals surface area contributed by atoms with Crippen LogP contribution in [0.15, 0.2) is 40.6 Å². The first-order valence-electron chi connectivity index (χ1n) is 12.6. The zero-order valence-electron chi connectivity index (χ0n) is 20.1. The van der Waals surface area contributed by atoms with Crippen LogP contribution in [-0.4, -0.2) is 50.2 Å². The van der Waals surface area contributed by atoms with Crippen LogP contribution in [0.5, 0.6) is 0 Å². The first-order valence-corrected chi connectivity index (χ1v) is 14.9. The van der Waals surface area contributed by atoms with Crippen LogP contribution in [0.4, 0.5) is 5.69 Å². The van der Waals surface area contributed by atoms with Gasteiger partial charge in [0.2, 0.25) is 21.8 Å². The number of piperidine rings is 1. The fourth-order valence-corrected chi connectivity index (χ4v) is 7.60. The lowest BCUT2D eigenvalue weighted by Gasteiger charge is -2.32. The Hall–Kier alpha value is -2.23. The van der Waals surface area contributed by atoms with Crippen molar-refractivity contribution in [1.29, 1.82) is 0 Å². The summed E-state index contributed by atoms with van der Waals surface area (Å²) in [7, 11) is -3.64. The van der Waals surface area contributed by atoms with E-state index in [0.29, 0.717) is 38.9 Å². The first kappa shape index (κ1) is 24.5. The molecule has 2 fully saturated rings. The van der Waals surface area contributed by atoms with Crippen LogP contribution in [0.2, 0.25) is 0 Å². The molecule has 7 nitrogen and oxygen atoms in total. The number of rotatable bonds is 7. The highest BCUT2D eigenvalue weighted by Crippen LogP contribution is 2.38. The second-order valence-corrected chi connectivity index (χ2v) is 12.9. The number of fused-ring (bicyclic) bond motifs is 1. The fraction of sp³-hybridized carbons (Fsp3) is 0.538. The first-order chi connectivity index (χ1) is 16.8. The van der Waals surface area contributed by atoms with Gasteiger partial charge in [0, 0.05) is 48.1 Å². The maximum atomic E-state index is 13.4. The SMILES string of the molecule is C[C@H]1Cc2cc(S(=O)(=O)N3CCC(C(=O)NCCc4cccs4)CC3)ccc2N1C(=O)C1CCC1. The lowest BCUT2D eigenvalue weighted by atomic mass is 9.84. The second kappa shape index (κ2) is 10.0. The summed E-state index contributed by atoms with van der Waals surface area (Å²) in [6, 6.07) is 9.30. The summed E-state index contributed by atoms with van der Waals surface area (Å²) in [6.07, 6.45) is 5.54. The van der Waals surface area contributed by atoms with Crippen molar-refractivity contribution in [3.63, 3.8) is 0 Å². The number of nitrogens with zero attached hydrogens (tertiary/aromatic N) is 2. The van der Waals surface area contributed by atoms with Gasteiger partial charge in [-0.15, -0.1) is 11.3 Å². The normalized spacial score (nSPS) is 21.5. The van der Waals surface area contributed by atoms with E-state index in [1.165, 1.54) is 9.18 Å². The summed E-state index contributed by atoms with van der Waals surface area (Å²) in [5.41, 5.74) is 1.78. The Bertz CT molecular complexity index is 1180. The maximum absolute atomic E-state index is 13.4. The van der Waals surface area contributed by atoms with Crippen molar-refractivity contribution >= 4 is 38.9 Å². The van der Waals surface area contributed by atoms with Crippen LogP contribution < -0.4 is 10.2 Å². The van der Waals surface area contributed by atoms with E-state index < -0.39 is 10.0 Å². The van der Waals surface area contributed by atoms with Crippen molar-refractivity contribution in [1.82, 2.24) is 9.62 Å². The van der Waals surface area contributed by atoms with E-state index in [9.17, 15) is 18.0 Å². The molecule has 1 saturated carbocycles. The molecule has 3 aliphatic rings. The molecule has 0 spiro atoms. The van der Waals surface area contributed by atoms with Crippen molar-refractivity contribution in [2.75, 3.05) is 24.5 Å². The molecule has 2 aromatic rings. The summed E-state index contributed by atoms with van der Waals surface area (Å²) in [4.78, 5) is 28.9. The molecule has 1 aromatic heterocycles. The number of benzene rings is 1. The molecule has 1 saturated heterocycles. The van der Waals surface area contributed by atoms with Crippen LogP contribution in [0.3, 0.4) is 0 Å². The Morgan fingerprint density at radius 3 is 2.51 bits per heavy atom. The minimum atomic E-state index is -3.64. The number of anilines is 1. The molecule has 0 radical (unpaired) electrons. The molecular formula is C26H33N3O4S2. The molecule has 1 aromatic carbocycles. The molecule has 2 aliphatic heterocycles. The summed E-state index contributed by atoms with van der Waals surface area (Å²) in [6.45, 7) is 3.31. The Labute approximate surface area is 211 Å². The molecular weight excluding hydrogens is 482 g/mol. The molecule has 3 heterocycles. The predicted molar refractivity (Wildman–Crippen MR) is 137 cm³/mol. The van der Waals surface area contributed by atoms with Gasteiger partial charge in [0.15, 0.2) is 0 Å². The fourth-order valence-electron chi connectivity index (χ4n) is 5.37. The van der Waals surface area contributed by atoms with Crippen molar-refractivity contribution in [3.8, 4) is 0 Å². The minimum absolute atomic E-state index is 0.0151. The molecule has 1 atom stereocenters. The number of hydrogen-bond acceptors (Lipinski definition) is 5. The van der Waals surface area contributed by atoms with Gasteiger partial charge >= 0.3 is 0 Å². The van der Waals surface area contributed by atoms with Crippen LogP contribution in [0.25, 0.3) is 0 Å². The smallest absolute Gasteiger partial charge is 0.243 e. The maximum Gasteiger partial charge on any atom is 0.243 e. The largest absolute Gasteiger partial charge is 0.355 e. The van der Waals surface area contributed by atoms with Crippen LogP contribution >= 0.6 is 11.3 Å². The van der Waals surface area contributed by atoms with Gasteiger partial charge in [0.25, 0.3) is 0 Å². The molecule has 5 rings (SSSR count). The quantitative estimate of drug-likeness (QED) is 0.611. The van der Waals surface area contributed by atoms with Crippen LogP contribution in [0.1, 0.15) is 49.5 Å². The van der Waals surface area contributed by atoms with E-state index in [4.69, 9.17) is 0 Å². The number of amides is 2. The number of carbonyl (C=O) groups is 2. The second-order valence-electron chi connectivity index (χ2n) is 9.98. The van der Waals surface area contributed by atoms with Crippen LogP contribution in [-0.2, 0) is 32.5 Å². The molecule has 2 amide bonds. The highest BCUT2D eigenvalue weighted by Gasteiger charge is 2.38. The van der Waals surface area contributed by atoms with E-state index >= 15 is 0 Å². The molecule has 1 aliphatic carbocycles. The Kier molecular flexibility index (Phi) is 7.01. The van der Waals surface area contributed by atoms with E-state index in [1.54, 1.807) is 29.5 Å². The molecule has 1 N–H and O–H groups in total. The highest BCUT2D eigenvalue weighted by atomic mass is 32.2. The predicted octanol–water partition coefficient (Wildman–Crippen LogP) is 3.59. The van der Waals surface area contributed by atoms with Crippen molar-refractivity contribution in [3.05, 3.63) is 46.2 Å². The summed E-state index contributed by atoms with van der Waals surface area (Å²) in [5, 5.41) is 5.03. The number of carbonyl (C=O) groups excluding carboxylic acids is 2. The number of hydrogen-bond donors (Lipinski definition) is 1. The van der Waals surface area contributed by atoms with Gasteiger partial charge in [-0.05, 0) is 80.7 Å². The minimum Gasteiger partial charge on any atom is -0.355 e. The summed E-state index contributed by atoms with van der Waals surface area (Å²) < 4.78 is 28.2. The number of thiophene rings is 1. The van der Waals surface area contributed by atoms with Gasteiger partial charge in [-0.25, -0.2) is 8.42 Å². The van der Waals surface area contributed by atoms with Gasteiger partial charge in [0.1, 0.15) is 0 Å². The summed E-state index contributed by atoms with van der Waals surface area (Å²) >= 11 is 1.68. The average Bonchev–Trinajstić information content (AvgIpc) is 3.44. The third-order valence-corrected chi connectivity index (χ3v) is 10.5. The Morgan fingerprint density at radius 2 is 1.86 bits per heavy atom. The molecule has 35 heavy (non-hydrogen) atoms. The van der Waals surface area contributed by atoms with Crippen molar-refractivity contribution < 1.29 is 18.0 Å². The molecule has 9 heteroatoms. The van der Waals surface area contributed by atoms with Gasteiger partial charge < -0.3 is 10.2 Å². The summed E-state index contributed by atoms with van der Waals surface area (Å²) in [5.74, 6) is 0.146. The van der Waals surface area contributed by atoms with Crippen LogP contribution in [0, 0.1) is 11.8 Å². The third-order valence-electron chi connectivity index (χ3n) is 7.67. The number of nitrogens with one attached hydrogen (secondary N) is 1. The van der Waals surface area contributed by atoms with Gasteiger partial charge in [0.05, 0.1) is 4.90 Å². The molecule has 188 valence electrons. The average molecular weight is 516 g/mol. The topological polar surface area (TPSA) is 86.8 Å². The lowest BCUT2D eigenvalue weighted by Crippen LogP contribution is -2.43. The zero-order chi connectivity index (χ0) is 24.6. The zero-order valence-corrected chi connectivity index (χ0v) is 21.7. The van der Waals surface area contributed by atoms with Crippen molar-refractivity contribution in [2.24, 2.45) is 11.8 Å². The highest BCUT2D eigenvalue weighted by molar-refractivity contribution is 7.89. The standard InChI is InChI=1S/C26H33N3O4S2/c1-18-16-21-17-23(7-8-24(21)29(18)26(31)20-4-2-5-20)35(32,33)28-13-10-19(11-14-28)25(30)27-12-9-22-6-3-15-34-22/h3,6-8,15,17-20H,2,4-5,9-14,16H2,1H3,(H,27,30)/t18-/m0/s1. The van der Waals surface area contributed by atoms with E-state index in [2.05, 4.69) is 11.4 Å². The van der Waals surface area contributed by atoms with Gasteiger partial charge in [-0.3, -0.25) is 9.59 Å². The monoisotopic (exact) mass is 515 g/mol. The third kappa shape index (κ3) is 4.90. The van der Waals surface area contributed by atoms with E-state index in [-0.39, 0.29) is 34.6 Å². The lowest BCUT2D eigenvalue weighted by molar-refractivity contribution is -0.126. The van der Waals surface area contributed by atoms with E-state index in [0.717, 1.165) is 36.9 Å². The molecule has 0 bridgehead atoms. The van der Waals surface area contributed by atoms with Gasteiger partial charge in [-0.1, -0.05) is 12.5 Å². The van der Waals surface area contributed by atoms with Crippen molar-refractivity contribution in [2.45, 2.75) is 62.8 Å². The molecule has 0 unspecified atom stereocenters. The van der Waals surface area contributed by atoms with Gasteiger partial charge in [-0.2, -0.15) is 4.31 Å². The Morgan fingerprint density at radius 1 is 1.09 bits per heavy atom. The Balaban J connectivity index is 1.19.